The van der Waals surface area contributed by atoms with Gasteiger partial charge < -0.3 is 5.11 Å². The van der Waals surface area contributed by atoms with Gasteiger partial charge in [-0.1, -0.05) is 73.7 Å². The Morgan fingerprint density at radius 1 is 1.04 bits per heavy atom. The van der Waals surface area contributed by atoms with Gasteiger partial charge in [0.2, 0.25) is 0 Å². The lowest BCUT2D eigenvalue weighted by Crippen LogP contribution is -1.89. The van der Waals surface area contributed by atoms with Crippen molar-refractivity contribution in [2.75, 3.05) is 0 Å². The lowest BCUT2D eigenvalue weighted by atomic mass is 10.0. The molecule has 3 rings (SSSR count). The van der Waals surface area contributed by atoms with Crippen molar-refractivity contribution >= 4 is 53.3 Å². The van der Waals surface area contributed by atoms with Gasteiger partial charge in [-0.05, 0) is 18.4 Å². The number of carbonyl (C=O) groups excluding carboxylic acids is 1. The zero-order chi connectivity index (χ0) is 20.7. The molecule has 7 heteroatoms. The molecule has 0 fully saturated rings. The molecular weight excluding hydrogens is 422 g/mol. The summed E-state index contributed by atoms with van der Waals surface area (Å²) in [5.41, 5.74) is 2.15. The number of hydrogen-bond donors (Lipinski definition) is 1. The molecule has 1 aliphatic rings. The number of ketones is 1. The van der Waals surface area contributed by atoms with Crippen molar-refractivity contribution in [3.63, 3.8) is 0 Å². The zero-order valence-electron chi connectivity index (χ0n) is 15.2. The molecule has 27 heavy (non-hydrogen) atoms. The van der Waals surface area contributed by atoms with Crippen LogP contribution in [0.25, 0.3) is 0 Å². The van der Waals surface area contributed by atoms with Gasteiger partial charge in [0.05, 0.1) is 0 Å². The second-order valence-corrected chi connectivity index (χ2v) is 11.8. The van der Waals surface area contributed by atoms with Gasteiger partial charge in [0, 0.05) is 18.1 Å². The van der Waals surface area contributed by atoms with Crippen LogP contribution in [0.4, 0.5) is 0 Å². The number of carbonyl (C=O) groups is 2. The van der Waals surface area contributed by atoms with Crippen molar-refractivity contribution in [2.45, 2.75) is 26.2 Å². The third-order valence-corrected chi connectivity index (χ3v) is 3.26. The number of carboxylic acid groups (broad SMARTS) is 1. The van der Waals surface area contributed by atoms with Crippen LogP contribution in [-0.4, -0.2) is 28.2 Å². The molecular formula is C20H22AlCl3O3. The van der Waals surface area contributed by atoms with Crippen LogP contribution in [0.15, 0.2) is 72.8 Å². The minimum Gasteiger partial charge on any atom is -0.478 e. The maximum absolute atomic E-state index is 11.3. The number of carboxylic acids is 1. The topological polar surface area (TPSA) is 54.4 Å². The lowest BCUT2D eigenvalue weighted by Gasteiger charge is -1.99. The first kappa shape index (κ1) is 25.7. The summed E-state index contributed by atoms with van der Waals surface area (Å²) < 4.78 is 0. The molecule has 0 radical (unpaired) electrons. The van der Waals surface area contributed by atoms with Crippen LogP contribution in [0.3, 0.4) is 0 Å². The van der Waals surface area contributed by atoms with Crippen LogP contribution in [-0.2, 0) is 4.79 Å². The third-order valence-electron chi connectivity index (χ3n) is 3.26. The molecule has 0 amide bonds. The fourth-order valence-corrected chi connectivity index (χ4v) is 2.21. The van der Waals surface area contributed by atoms with E-state index in [-0.39, 0.29) is 0 Å². The van der Waals surface area contributed by atoms with Gasteiger partial charge >= 0.3 is 17.4 Å². The number of hydrogen-bond acceptors (Lipinski definition) is 2. The van der Waals surface area contributed by atoms with Crippen LogP contribution in [0.2, 0.25) is 0 Å². The molecule has 2 aromatic carbocycles. The number of rotatable bonds is 1. The van der Waals surface area contributed by atoms with Crippen LogP contribution >= 0.6 is 30.1 Å². The summed E-state index contributed by atoms with van der Waals surface area (Å²) in [6.07, 6.45) is 3.25. The molecule has 0 saturated carbocycles. The van der Waals surface area contributed by atoms with Crippen LogP contribution < -0.4 is 0 Å². The molecule has 0 saturated heterocycles. The van der Waals surface area contributed by atoms with Gasteiger partial charge in [0.1, 0.15) is 0 Å². The number of halogens is 3. The number of fused-ring (bicyclic) bond motifs is 1. The fourth-order valence-electron chi connectivity index (χ4n) is 2.21. The number of allylic oxidation sites excluding steroid dienone is 1. The molecule has 1 unspecified atom stereocenters. The largest absolute Gasteiger partial charge is 0.643 e. The maximum Gasteiger partial charge on any atom is 0.643 e. The average Bonchev–Trinajstić information content (AvgIpc) is 2.92. The molecule has 144 valence electrons. The Balaban J connectivity index is 0.000000365. The maximum atomic E-state index is 11.3. The molecule has 0 bridgehead atoms. The fraction of sp³-hybridized carbons (Fsp3) is 0.200. The monoisotopic (exact) mass is 442 g/mol. The third kappa shape index (κ3) is 13.5. The normalized spacial score (nSPS) is 13.8. The smallest absolute Gasteiger partial charge is 0.478 e. The van der Waals surface area contributed by atoms with Crippen molar-refractivity contribution in [1.29, 1.82) is 0 Å². The van der Waals surface area contributed by atoms with Crippen LogP contribution in [0.1, 0.15) is 42.1 Å². The van der Waals surface area contributed by atoms with E-state index in [9.17, 15) is 9.59 Å². The number of Topliss-reactive ketones (excluding diaryl/α,β-unsaturated/α-hetero) is 1. The van der Waals surface area contributed by atoms with Gasteiger partial charge in [-0.15, -0.1) is 0 Å². The molecule has 2 aromatic rings. The minimum atomic E-state index is -1.72. The Labute approximate surface area is 177 Å². The highest BCUT2D eigenvalue weighted by molar-refractivity contribution is 7.54. The molecule has 0 spiro atoms. The molecule has 0 aromatic heterocycles. The highest BCUT2D eigenvalue weighted by Gasteiger charge is 2.24. The Hall–Kier alpha value is -1.28. The van der Waals surface area contributed by atoms with Crippen molar-refractivity contribution in [3.05, 3.63) is 83.9 Å². The van der Waals surface area contributed by atoms with E-state index in [2.05, 4.69) is 6.92 Å². The van der Waals surface area contributed by atoms with Crippen molar-refractivity contribution in [2.24, 2.45) is 0 Å². The zero-order valence-corrected chi connectivity index (χ0v) is 18.6. The first-order valence-electron chi connectivity index (χ1n) is 8.19. The summed E-state index contributed by atoms with van der Waals surface area (Å²) >= 11 is -1.72. The SMILES string of the molecule is C/C=C/C(=O)O.CC1CC(=O)c2ccccc21.[Cl][Al]([Cl])[Cl].c1ccccc1. The van der Waals surface area contributed by atoms with Gasteiger partial charge in [-0.2, -0.15) is 0 Å². The Kier molecular flexibility index (Phi) is 15.0. The highest BCUT2D eigenvalue weighted by Crippen LogP contribution is 2.31. The highest BCUT2D eigenvalue weighted by atomic mass is 35.8. The van der Waals surface area contributed by atoms with Crippen LogP contribution in [0.5, 0.6) is 0 Å². The summed E-state index contributed by atoms with van der Waals surface area (Å²) in [6.45, 7) is 3.76. The average molecular weight is 444 g/mol. The van der Waals surface area contributed by atoms with E-state index in [1.54, 1.807) is 6.92 Å². The van der Waals surface area contributed by atoms with Gasteiger partial charge in [-0.3, -0.25) is 4.79 Å². The molecule has 1 atom stereocenters. The van der Waals surface area contributed by atoms with E-state index in [0.29, 0.717) is 18.1 Å². The molecule has 0 heterocycles. The predicted molar refractivity (Wildman–Crippen MR) is 116 cm³/mol. The van der Waals surface area contributed by atoms with Crippen molar-refractivity contribution in [3.8, 4) is 0 Å². The molecule has 0 aliphatic heterocycles. The van der Waals surface area contributed by atoms with Gasteiger partial charge in [0.25, 0.3) is 0 Å². The van der Waals surface area contributed by atoms with Crippen LogP contribution in [0, 0.1) is 0 Å². The second-order valence-electron chi connectivity index (χ2n) is 5.36. The Bertz CT molecular complexity index is 677. The van der Waals surface area contributed by atoms with Gasteiger partial charge in [0.15, 0.2) is 5.78 Å². The lowest BCUT2D eigenvalue weighted by molar-refractivity contribution is -0.131. The quantitative estimate of drug-likeness (QED) is 0.410. The predicted octanol–water partition coefficient (Wildman–Crippen LogP) is 6.40. The summed E-state index contributed by atoms with van der Waals surface area (Å²) in [4.78, 5) is 20.8. The van der Waals surface area contributed by atoms with E-state index >= 15 is 0 Å². The summed E-state index contributed by atoms with van der Waals surface area (Å²) in [7, 11) is 14.8. The minimum absolute atomic E-state index is 0.299. The summed E-state index contributed by atoms with van der Waals surface area (Å²) in [5, 5.41) is 7.83. The first-order chi connectivity index (χ1) is 12.8. The van der Waals surface area contributed by atoms with E-state index < -0.39 is 17.4 Å². The molecule has 3 nitrogen and oxygen atoms in total. The molecule has 1 N–H and O–H groups in total. The van der Waals surface area contributed by atoms with E-state index in [1.165, 1.54) is 11.6 Å². The summed E-state index contributed by atoms with van der Waals surface area (Å²) in [5.74, 6) is -0.163. The first-order valence-corrected chi connectivity index (χ1v) is 13.4. The Morgan fingerprint density at radius 3 is 1.81 bits per heavy atom. The number of aliphatic carboxylic acids is 1. The van der Waals surface area contributed by atoms with E-state index in [0.717, 1.165) is 11.6 Å². The Morgan fingerprint density at radius 2 is 1.48 bits per heavy atom. The second kappa shape index (κ2) is 15.7. The molecule has 1 aliphatic carbocycles. The number of benzene rings is 2. The van der Waals surface area contributed by atoms with Crippen molar-refractivity contribution < 1.29 is 14.7 Å². The standard InChI is InChI=1S/C10H10O.C6H6.C4H6O2.Al.3ClH/c1-7-6-10(11)9-5-3-2-4-8(7)9;1-2-4-6-5-3-1;1-2-3-4(5)6;;;;/h2-5,7H,6H2,1H3;1-6H;2-3H,1H3,(H,5,6);;3*1H/q;;;+3;;;/p-3/b;;3-2+;;;;. The van der Waals surface area contributed by atoms with E-state index in [4.69, 9.17) is 35.3 Å². The summed E-state index contributed by atoms with van der Waals surface area (Å²) in [6, 6.07) is 19.9. The van der Waals surface area contributed by atoms with Gasteiger partial charge in [-0.25, -0.2) is 34.9 Å². The van der Waals surface area contributed by atoms with Crippen molar-refractivity contribution in [1.82, 2.24) is 0 Å². The van der Waals surface area contributed by atoms with E-state index in [1.807, 2.05) is 60.7 Å².